The van der Waals surface area contributed by atoms with Crippen molar-refractivity contribution in [1.82, 2.24) is 10.2 Å². The van der Waals surface area contributed by atoms with E-state index in [1.165, 1.54) is 12.1 Å². The van der Waals surface area contributed by atoms with Crippen molar-refractivity contribution >= 4 is 22.4 Å². The third-order valence-corrected chi connectivity index (χ3v) is 3.61. The number of fused-ring (bicyclic) bond motifs is 1. The Hall–Kier alpha value is -3.35. The second-order valence-corrected chi connectivity index (χ2v) is 5.24. The third kappa shape index (κ3) is 3.19. The molecular weight excluding hydrogens is 310 g/mol. The molecule has 1 aromatic heterocycles. The number of carbonyl (C=O) groups excluding carboxylic acids is 1. The fourth-order valence-electron chi connectivity index (χ4n) is 2.39. The van der Waals surface area contributed by atoms with E-state index >= 15 is 0 Å². The van der Waals surface area contributed by atoms with Crippen molar-refractivity contribution in [2.75, 3.05) is 12.4 Å². The van der Waals surface area contributed by atoms with Gasteiger partial charge in [0.05, 0.1) is 24.3 Å². The number of aromatic amines is 2. The molecule has 0 atom stereocenters. The number of amides is 1. The summed E-state index contributed by atoms with van der Waals surface area (Å²) >= 11 is 0. The molecule has 3 rings (SSSR count). The maximum Gasteiger partial charge on any atom is 0.270 e. The Morgan fingerprint density at radius 2 is 1.67 bits per heavy atom. The van der Waals surface area contributed by atoms with Crippen LogP contribution >= 0.6 is 0 Å². The number of methoxy groups -OCH3 is 1. The Balaban J connectivity index is 1.78. The number of nitrogens with one attached hydrogen (secondary N) is 3. The van der Waals surface area contributed by atoms with Gasteiger partial charge in [-0.2, -0.15) is 0 Å². The zero-order valence-electron chi connectivity index (χ0n) is 12.9. The van der Waals surface area contributed by atoms with Crippen molar-refractivity contribution in [3.05, 3.63) is 68.7 Å². The molecule has 0 spiro atoms. The first kappa shape index (κ1) is 15.5. The molecule has 3 aromatic rings. The van der Waals surface area contributed by atoms with Crippen LogP contribution in [0.4, 0.5) is 5.69 Å². The largest absolute Gasteiger partial charge is 0.497 e. The molecule has 7 heteroatoms. The number of anilines is 1. The molecule has 1 amide bonds. The maximum atomic E-state index is 12.1. The average molecular weight is 325 g/mol. The van der Waals surface area contributed by atoms with Gasteiger partial charge < -0.3 is 10.1 Å². The van der Waals surface area contributed by atoms with Crippen molar-refractivity contribution in [3.63, 3.8) is 0 Å². The lowest BCUT2D eigenvalue weighted by atomic mass is 10.1. The SMILES string of the molecule is COc1ccc(CC(=O)Nc2ccc3c(=O)[nH][nH]c(=O)c3c2)cc1. The molecule has 122 valence electrons. The molecule has 24 heavy (non-hydrogen) atoms. The molecule has 2 aromatic carbocycles. The van der Waals surface area contributed by atoms with Gasteiger partial charge in [0.1, 0.15) is 5.75 Å². The molecule has 0 fully saturated rings. The zero-order valence-corrected chi connectivity index (χ0v) is 12.9. The zero-order chi connectivity index (χ0) is 17.1. The molecule has 0 unspecified atom stereocenters. The Labute approximate surface area is 136 Å². The van der Waals surface area contributed by atoms with Gasteiger partial charge in [-0.25, -0.2) is 0 Å². The molecule has 0 bridgehead atoms. The van der Waals surface area contributed by atoms with Gasteiger partial charge >= 0.3 is 0 Å². The van der Waals surface area contributed by atoms with E-state index in [2.05, 4.69) is 15.5 Å². The smallest absolute Gasteiger partial charge is 0.270 e. The Morgan fingerprint density at radius 3 is 2.33 bits per heavy atom. The maximum absolute atomic E-state index is 12.1. The summed E-state index contributed by atoms with van der Waals surface area (Å²) in [5, 5.41) is 7.73. The van der Waals surface area contributed by atoms with E-state index in [9.17, 15) is 14.4 Å². The van der Waals surface area contributed by atoms with E-state index in [0.29, 0.717) is 5.69 Å². The predicted octanol–water partition coefficient (Wildman–Crippen LogP) is 1.41. The molecule has 1 heterocycles. The summed E-state index contributed by atoms with van der Waals surface area (Å²) < 4.78 is 5.07. The van der Waals surface area contributed by atoms with Crippen molar-refractivity contribution in [2.45, 2.75) is 6.42 Å². The van der Waals surface area contributed by atoms with Crippen LogP contribution in [-0.2, 0) is 11.2 Å². The standard InChI is InChI=1S/C17H15N3O4/c1-24-12-5-2-10(3-6-12)8-15(21)18-11-4-7-13-14(9-11)17(23)20-19-16(13)22/h2-7,9H,8H2,1H3,(H,18,21)(H,19,22)(H,20,23). The van der Waals surface area contributed by atoms with Crippen LogP contribution in [0.1, 0.15) is 5.56 Å². The van der Waals surface area contributed by atoms with E-state index in [1.54, 1.807) is 25.3 Å². The highest BCUT2D eigenvalue weighted by molar-refractivity contribution is 5.95. The number of carbonyl (C=O) groups is 1. The number of ether oxygens (including phenoxy) is 1. The average Bonchev–Trinajstić information content (AvgIpc) is 2.59. The highest BCUT2D eigenvalue weighted by Gasteiger charge is 2.08. The summed E-state index contributed by atoms with van der Waals surface area (Å²) in [6.07, 6.45) is 0.188. The fourth-order valence-corrected chi connectivity index (χ4v) is 2.39. The molecule has 0 saturated carbocycles. The number of hydrogen-bond donors (Lipinski definition) is 3. The van der Waals surface area contributed by atoms with Crippen LogP contribution in [0, 0.1) is 0 Å². The summed E-state index contributed by atoms with van der Waals surface area (Å²) in [7, 11) is 1.58. The second-order valence-electron chi connectivity index (χ2n) is 5.24. The Bertz CT molecular complexity index is 1000. The first-order valence-electron chi connectivity index (χ1n) is 7.24. The van der Waals surface area contributed by atoms with Crippen LogP contribution in [0.15, 0.2) is 52.1 Å². The molecule has 0 radical (unpaired) electrons. The van der Waals surface area contributed by atoms with E-state index in [-0.39, 0.29) is 28.7 Å². The number of aromatic nitrogens is 2. The summed E-state index contributed by atoms with van der Waals surface area (Å²) in [5.74, 6) is 0.499. The van der Waals surface area contributed by atoms with Crippen LogP contribution in [-0.4, -0.2) is 23.2 Å². The van der Waals surface area contributed by atoms with Crippen LogP contribution in [0.3, 0.4) is 0 Å². The lowest BCUT2D eigenvalue weighted by molar-refractivity contribution is -0.115. The van der Waals surface area contributed by atoms with Gasteiger partial charge in [-0.05, 0) is 35.9 Å². The van der Waals surface area contributed by atoms with Gasteiger partial charge in [0.25, 0.3) is 11.1 Å². The minimum absolute atomic E-state index is 0.188. The molecule has 0 aliphatic carbocycles. The Morgan fingerprint density at radius 1 is 1.00 bits per heavy atom. The second kappa shape index (κ2) is 6.41. The third-order valence-electron chi connectivity index (χ3n) is 3.61. The highest BCUT2D eigenvalue weighted by Crippen LogP contribution is 2.15. The van der Waals surface area contributed by atoms with Crippen molar-refractivity contribution < 1.29 is 9.53 Å². The van der Waals surface area contributed by atoms with Gasteiger partial charge in [0.2, 0.25) is 5.91 Å². The minimum atomic E-state index is -0.421. The predicted molar refractivity (Wildman–Crippen MR) is 90.5 cm³/mol. The van der Waals surface area contributed by atoms with E-state index in [0.717, 1.165) is 11.3 Å². The quantitative estimate of drug-likeness (QED) is 0.674. The van der Waals surface area contributed by atoms with Crippen LogP contribution in [0.2, 0.25) is 0 Å². The van der Waals surface area contributed by atoms with E-state index in [4.69, 9.17) is 4.74 Å². The lowest BCUT2D eigenvalue weighted by Gasteiger charge is -2.07. The summed E-state index contributed by atoms with van der Waals surface area (Å²) in [6.45, 7) is 0. The van der Waals surface area contributed by atoms with Gasteiger partial charge in [0, 0.05) is 5.69 Å². The van der Waals surface area contributed by atoms with Crippen LogP contribution in [0.5, 0.6) is 5.75 Å². The molecule has 7 nitrogen and oxygen atoms in total. The minimum Gasteiger partial charge on any atom is -0.497 e. The van der Waals surface area contributed by atoms with Gasteiger partial charge in [0.15, 0.2) is 0 Å². The van der Waals surface area contributed by atoms with E-state index in [1.807, 2.05) is 12.1 Å². The van der Waals surface area contributed by atoms with Gasteiger partial charge in [-0.3, -0.25) is 24.6 Å². The highest BCUT2D eigenvalue weighted by atomic mass is 16.5. The summed E-state index contributed by atoms with van der Waals surface area (Å²) in [4.78, 5) is 35.5. The number of hydrogen-bond acceptors (Lipinski definition) is 4. The monoisotopic (exact) mass is 325 g/mol. The Kier molecular flexibility index (Phi) is 4.15. The molecule has 0 saturated heterocycles. The first-order chi connectivity index (χ1) is 11.6. The number of benzene rings is 2. The van der Waals surface area contributed by atoms with Crippen molar-refractivity contribution in [2.24, 2.45) is 0 Å². The number of rotatable bonds is 4. The molecular formula is C17H15N3O4. The molecule has 0 aliphatic rings. The lowest BCUT2D eigenvalue weighted by Crippen LogP contribution is -2.19. The fraction of sp³-hybridized carbons (Fsp3) is 0.118. The summed E-state index contributed by atoms with van der Waals surface area (Å²) in [5.41, 5.74) is 0.483. The van der Waals surface area contributed by atoms with E-state index < -0.39 is 5.56 Å². The first-order valence-corrected chi connectivity index (χ1v) is 7.24. The van der Waals surface area contributed by atoms with Crippen molar-refractivity contribution in [1.29, 1.82) is 0 Å². The number of H-pyrrole nitrogens is 2. The van der Waals surface area contributed by atoms with Crippen molar-refractivity contribution in [3.8, 4) is 5.75 Å². The van der Waals surface area contributed by atoms with Gasteiger partial charge in [-0.1, -0.05) is 12.1 Å². The topological polar surface area (TPSA) is 104 Å². The molecule has 3 N–H and O–H groups in total. The van der Waals surface area contributed by atoms with Gasteiger partial charge in [-0.15, -0.1) is 0 Å². The normalized spacial score (nSPS) is 10.5. The van der Waals surface area contributed by atoms with Crippen LogP contribution < -0.4 is 21.2 Å². The van der Waals surface area contributed by atoms with Crippen LogP contribution in [0.25, 0.3) is 10.8 Å². The molecule has 0 aliphatic heterocycles. The summed E-state index contributed by atoms with van der Waals surface area (Å²) in [6, 6.07) is 11.8.